The topological polar surface area (TPSA) is 80.5 Å². The van der Waals surface area contributed by atoms with Crippen molar-refractivity contribution in [1.29, 1.82) is 0 Å². The molecule has 1 aliphatic rings. The lowest BCUT2D eigenvalue weighted by Gasteiger charge is -2.27. The summed E-state index contributed by atoms with van der Waals surface area (Å²) in [4.78, 5) is 16.9. The highest BCUT2D eigenvalue weighted by Gasteiger charge is 2.19. The van der Waals surface area contributed by atoms with Crippen molar-refractivity contribution in [2.24, 2.45) is 5.92 Å². The van der Waals surface area contributed by atoms with E-state index in [0.29, 0.717) is 17.6 Å². The van der Waals surface area contributed by atoms with Gasteiger partial charge >= 0.3 is 0 Å². The van der Waals surface area contributed by atoms with E-state index in [1.54, 1.807) is 7.05 Å². The standard InChI is InChI=1S/C13H20N4O3/c1-14-12-6-11(17(18)19)7-13(15-12)16(2)8-10-4-3-5-20-9-10/h6-7,10H,3-5,8-9H2,1-2H3,(H,14,15). The molecule has 7 nitrogen and oxygen atoms in total. The fraction of sp³-hybridized carbons (Fsp3) is 0.615. The van der Waals surface area contributed by atoms with Gasteiger partial charge in [0, 0.05) is 27.2 Å². The lowest BCUT2D eigenvalue weighted by atomic mass is 10.0. The third kappa shape index (κ3) is 3.57. The number of nitrogens with zero attached hydrogens (tertiary/aromatic N) is 3. The van der Waals surface area contributed by atoms with Crippen LogP contribution in [0.15, 0.2) is 12.1 Å². The summed E-state index contributed by atoms with van der Waals surface area (Å²) in [5.74, 6) is 1.56. The molecule has 2 heterocycles. The molecule has 1 aliphatic heterocycles. The maximum Gasteiger partial charge on any atom is 0.276 e. The SMILES string of the molecule is CNc1cc([N+](=O)[O-])cc(N(C)CC2CCCOC2)n1. The summed E-state index contributed by atoms with van der Waals surface area (Å²) in [6.45, 7) is 2.37. The van der Waals surface area contributed by atoms with Crippen molar-refractivity contribution in [1.82, 2.24) is 4.98 Å². The van der Waals surface area contributed by atoms with Gasteiger partial charge < -0.3 is 15.0 Å². The van der Waals surface area contributed by atoms with Crippen LogP contribution in [0.4, 0.5) is 17.3 Å². The van der Waals surface area contributed by atoms with E-state index in [4.69, 9.17) is 4.74 Å². The summed E-state index contributed by atoms with van der Waals surface area (Å²) in [6, 6.07) is 2.94. The molecule has 1 atom stereocenters. The molecule has 0 aliphatic carbocycles. The number of hydrogen-bond donors (Lipinski definition) is 1. The Hall–Kier alpha value is -1.89. The van der Waals surface area contributed by atoms with Crippen LogP contribution in [0.3, 0.4) is 0 Å². The molecule has 1 N–H and O–H groups in total. The maximum atomic E-state index is 10.9. The average Bonchev–Trinajstić information content (AvgIpc) is 2.47. The average molecular weight is 280 g/mol. The molecule has 20 heavy (non-hydrogen) atoms. The number of hydrogen-bond acceptors (Lipinski definition) is 6. The minimum Gasteiger partial charge on any atom is -0.381 e. The Labute approximate surface area is 118 Å². The van der Waals surface area contributed by atoms with Crippen molar-refractivity contribution in [3.05, 3.63) is 22.2 Å². The van der Waals surface area contributed by atoms with Gasteiger partial charge in [0.2, 0.25) is 0 Å². The van der Waals surface area contributed by atoms with E-state index in [9.17, 15) is 10.1 Å². The maximum absolute atomic E-state index is 10.9. The Balaban J connectivity index is 2.13. The van der Waals surface area contributed by atoms with E-state index in [1.807, 2.05) is 11.9 Å². The second-order valence-electron chi connectivity index (χ2n) is 5.04. The Morgan fingerprint density at radius 3 is 3.00 bits per heavy atom. The second-order valence-corrected chi connectivity index (χ2v) is 5.04. The first-order valence-electron chi connectivity index (χ1n) is 6.73. The molecular formula is C13H20N4O3. The molecular weight excluding hydrogens is 260 g/mol. The number of nitrogens with one attached hydrogen (secondary N) is 1. The van der Waals surface area contributed by atoms with Gasteiger partial charge in [-0.05, 0) is 18.8 Å². The van der Waals surface area contributed by atoms with E-state index in [0.717, 1.165) is 32.6 Å². The lowest BCUT2D eigenvalue weighted by Crippen LogP contribution is -2.31. The molecule has 0 amide bonds. The van der Waals surface area contributed by atoms with Gasteiger partial charge in [-0.3, -0.25) is 10.1 Å². The van der Waals surface area contributed by atoms with E-state index in [1.165, 1.54) is 12.1 Å². The summed E-state index contributed by atoms with van der Waals surface area (Å²) in [5, 5.41) is 13.8. The van der Waals surface area contributed by atoms with Crippen molar-refractivity contribution in [3.63, 3.8) is 0 Å². The molecule has 2 rings (SSSR count). The molecule has 1 unspecified atom stereocenters. The molecule has 0 saturated carbocycles. The van der Waals surface area contributed by atoms with E-state index in [-0.39, 0.29) is 5.69 Å². The van der Waals surface area contributed by atoms with Crippen LogP contribution in [0.2, 0.25) is 0 Å². The highest BCUT2D eigenvalue weighted by atomic mass is 16.6. The number of ether oxygens (including phenoxy) is 1. The fourth-order valence-corrected chi connectivity index (χ4v) is 2.36. The molecule has 0 aromatic carbocycles. The summed E-state index contributed by atoms with van der Waals surface area (Å²) < 4.78 is 5.46. The summed E-state index contributed by atoms with van der Waals surface area (Å²) in [6.07, 6.45) is 2.20. The molecule has 1 fully saturated rings. The van der Waals surface area contributed by atoms with Crippen molar-refractivity contribution in [2.75, 3.05) is 44.1 Å². The highest BCUT2D eigenvalue weighted by Crippen LogP contribution is 2.24. The number of aromatic nitrogens is 1. The van der Waals surface area contributed by atoms with Crippen LogP contribution in [-0.4, -0.2) is 43.8 Å². The van der Waals surface area contributed by atoms with Crippen LogP contribution in [0.1, 0.15) is 12.8 Å². The monoisotopic (exact) mass is 280 g/mol. The van der Waals surface area contributed by atoms with Gasteiger partial charge in [0.1, 0.15) is 11.6 Å². The van der Waals surface area contributed by atoms with Gasteiger partial charge in [-0.15, -0.1) is 0 Å². The van der Waals surface area contributed by atoms with Gasteiger partial charge in [0.05, 0.1) is 23.7 Å². The van der Waals surface area contributed by atoms with Crippen LogP contribution in [-0.2, 0) is 4.74 Å². The quantitative estimate of drug-likeness (QED) is 0.655. The van der Waals surface area contributed by atoms with Crippen LogP contribution in [0, 0.1) is 16.0 Å². The number of nitro groups is 1. The van der Waals surface area contributed by atoms with Crippen molar-refractivity contribution in [2.45, 2.75) is 12.8 Å². The molecule has 1 aromatic rings. The largest absolute Gasteiger partial charge is 0.381 e. The Morgan fingerprint density at radius 1 is 1.60 bits per heavy atom. The zero-order chi connectivity index (χ0) is 14.5. The molecule has 1 aromatic heterocycles. The first-order chi connectivity index (χ1) is 9.60. The normalized spacial score (nSPS) is 18.6. The van der Waals surface area contributed by atoms with Gasteiger partial charge in [-0.1, -0.05) is 0 Å². The smallest absolute Gasteiger partial charge is 0.276 e. The summed E-state index contributed by atoms with van der Waals surface area (Å²) in [7, 11) is 3.60. The summed E-state index contributed by atoms with van der Waals surface area (Å²) >= 11 is 0. The number of rotatable bonds is 5. The van der Waals surface area contributed by atoms with Gasteiger partial charge in [-0.25, -0.2) is 4.98 Å². The second kappa shape index (κ2) is 6.51. The zero-order valence-corrected chi connectivity index (χ0v) is 11.8. The Bertz CT molecular complexity index is 475. The Morgan fingerprint density at radius 2 is 2.40 bits per heavy atom. The Kier molecular flexibility index (Phi) is 4.73. The van der Waals surface area contributed by atoms with Crippen molar-refractivity contribution < 1.29 is 9.66 Å². The predicted molar refractivity (Wildman–Crippen MR) is 77.3 cm³/mol. The van der Waals surface area contributed by atoms with E-state index >= 15 is 0 Å². The van der Waals surface area contributed by atoms with Crippen LogP contribution >= 0.6 is 0 Å². The number of anilines is 2. The first kappa shape index (κ1) is 14.5. The van der Waals surface area contributed by atoms with Crippen LogP contribution < -0.4 is 10.2 Å². The van der Waals surface area contributed by atoms with Gasteiger partial charge in [-0.2, -0.15) is 0 Å². The third-order valence-corrected chi connectivity index (χ3v) is 3.44. The zero-order valence-electron chi connectivity index (χ0n) is 11.8. The number of pyridine rings is 1. The van der Waals surface area contributed by atoms with Gasteiger partial charge in [0.15, 0.2) is 0 Å². The highest BCUT2D eigenvalue weighted by molar-refractivity contribution is 5.55. The first-order valence-corrected chi connectivity index (χ1v) is 6.73. The predicted octanol–water partition coefficient (Wildman–Crippen LogP) is 1.89. The molecule has 110 valence electrons. The van der Waals surface area contributed by atoms with Crippen molar-refractivity contribution >= 4 is 17.3 Å². The summed E-state index contributed by atoms with van der Waals surface area (Å²) in [5.41, 5.74) is 0.0473. The van der Waals surface area contributed by atoms with Crippen LogP contribution in [0.5, 0.6) is 0 Å². The molecule has 0 bridgehead atoms. The fourth-order valence-electron chi connectivity index (χ4n) is 2.36. The van der Waals surface area contributed by atoms with E-state index < -0.39 is 4.92 Å². The minimum absolute atomic E-state index is 0.0473. The van der Waals surface area contributed by atoms with Crippen LogP contribution in [0.25, 0.3) is 0 Å². The third-order valence-electron chi connectivity index (χ3n) is 3.44. The molecule has 0 radical (unpaired) electrons. The molecule has 7 heteroatoms. The van der Waals surface area contributed by atoms with E-state index in [2.05, 4.69) is 10.3 Å². The molecule has 0 spiro atoms. The van der Waals surface area contributed by atoms with Gasteiger partial charge in [0.25, 0.3) is 5.69 Å². The van der Waals surface area contributed by atoms with Crippen molar-refractivity contribution in [3.8, 4) is 0 Å². The minimum atomic E-state index is -0.399. The molecule has 1 saturated heterocycles. The lowest BCUT2D eigenvalue weighted by molar-refractivity contribution is -0.384.